The molecule has 128 valence electrons. The van der Waals surface area contributed by atoms with E-state index in [2.05, 4.69) is 45.1 Å². The van der Waals surface area contributed by atoms with Gasteiger partial charge in [-0.1, -0.05) is 18.2 Å². The number of carbonyl (C=O) groups excluding carboxylic acids is 1. The lowest BCUT2D eigenvalue weighted by Gasteiger charge is -2.16. The average Bonchev–Trinajstić information content (AvgIpc) is 3.21. The van der Waals surface area contributed by atoms with Crippen LogP contribution in [0, 0.1) is 0 Å². The fraction of sp³-hybridized carbons (Fsp3) is 0.412. The average molecular weight is 365 g/mol. The molecule has 1 aromatic carbocycles. The minimum absolute atomic E-state index is 0. The van der Waals surface area contributed by atoms with Crippen LogP contribution >= 0.6 is 24.2 Å². The van der Waals surface area contributed by atoms with Crippen LogP contribution in [0.15, 0.2) is 35.2 Å². The lowest BCUT2D eigenvalue weighted by atomic mass is 10.1. The highest BCUT2D eigenvalue weighted by atomic mass is 35.5. The number of hydrogen-bond acceptors (Lipinski definition) is 4. The Labute approximate surface area is 151 Å². The Morgan fingerprint density at radius 2 is 2.08 bits per heavy atom. The van der Waals surface area contributed by atoms with Gasteiger partial charge in [-0.05, 0) is 25.0 Å². The third kappa shape index (κ3) is 3.61. The van der Waals surface area contributed by atoms with Crippen molar-refractivity contribution in [2.24, 2.45) is 0 Å². The number of rotatable bonds is 5. The fourth-order valence-corrected chi connectivity index (χ4v) is 4.17. The van der Waals surface area contributed by atoms with Crippen LogP contribution < -0.4 is 10.6 Å². The zero-order valence-electron chi connectivity index (χ0n) is 13.3. The van der Waals surface area contributed by atoms with Crippen molar-refractivity contribution in [3.05, 3.63) is 47.3 Å². The van der Waals surface area contributed by atoms with Crippen LogP contribution in [0.1, 0.15) is 34.6 Å². The number of amides is 1. The molecule has 3 N–H and O–H groups in total. The molecule has 1 fully saturated rings. The van der Waals surface area contributed by atoms with Gasteiger partial charge < -0.3 is 10.6 Å². The number of aromatic nitrogens is 2. The zero-order chi connectivity index (χ0) is 15.7. The second-order valence-corrected chi connectivity index (χ2v) is 7.78. The van der Waals surface area contributed by atoms with Gasteiger partial charge in [0.2, 0.25) is 0 Å². The lowest BCUT2D eigenvalue weighted by Crippen LogP contribution is -2.33. The first-order valence-corrected chi connectivity index (χ1v) is 8.87. The number of nitrogens with one attached hydrogen (secondary N) is 3. The monoisotopic (exact) mass is 364 g/mol. The predicted octanol–water partition coefficient (Wildman–Crippen LogP) is 2.53. The topological polar surface area (TPSA) is 69.8 Å². The first-order chi connectivity index (χ1) is 11.3. The molecule has 7 heteroatoms. The summed E-state index contributed by atoms with van der Waals surface area (Å²) in [7, 11) is 0. The Morgan fingerprint density at radius 1 is 1.29 bits per heavy atom. The molecule has 2 aromatic rings. The lowest BCUT2D eigenvalue weighted by molar-refractivity contribution is 0.0947. The third-order valence-electron chi connectivity index (χ3n) is 4.48. The highest BCUT2D eigenvalue weighted by Gasteiger charge is 2.44. The summed E-state index contributed by atoms with van der Waals surface area (Å²) in [6.07, 6.45) is 3.20. The summed E-state index contributed by atoms with van der Waals surface area (Å²) in [5.74, 6) is -0.0638. The molecule has 1 aliphatic carbocycles. The summed E-state index contributed by atoms with van der Waals surface area (Å²) in [5, 5.41) is 13.6. The molecule has 4 rings (SSSR count). The van der Waals surface area contributed by atoms with Gasteiger partial charge >= 0.3 is 0 Å². The van der Waals surface area contributed by atoms with E-state index in [0.717, 1.165) is 43.6 Å². The van der Waals surface area contributed by atoms with Gasteiger partial charge in [-0.25, -0.2) is 0 Å². The van der Waals surface area contributed by atoms with Crippen molar-refractivity contribution >= 4 is 30.1 Å². The van der Waals surface area contributed by atoms with Crippen molar-refractivity contribution in [3.8, 4) is 0 Å². The number of aromatic amines is 1. The van der Waals surface area contributed by atoms with Crippen molar-refractivity contribution in [2.75, 3.05) is 13.1 Å². The number of nitrogens with zero attached hydrogens (tertiary/aromatic N) is 1. The van der Waals surface area contributed by atoms with Gasteiger partial charge in [0.15, 0.2) is 5.69 Å². The standard InChI is InChI=1S/C17H20N4OS.ClH/c22-16(15-13-10-18-9-6-14(13)20-21-15)19-11-17(7-8-17)23-12-4-2-1-3-5-12;/h1-5,18H,6-11H2,(H,19,22)(H,20,21);1H. The first-order valence-electron chi connectivity index (χ1n) is 8.05. The molecule has 1 aliphatic heterocycles. The van der Waals surface area contributed by atoms with E-state index in [1.54, 1.807) is 0 Å². The number of carbonyl (C=O) groups is 1. The van der Waals surface area contributed by atoms with Crippen LogP contribution in [0.25, 0.3) is 0 Å². The van der Waals surface area contributed by atoms with Crippen molar-refractivity contribution in [1.29, 1.82) is 0 Å². The molecule has 0 saturated heterocycles. The van der Waals surface area contributed by atoms with Crippen LogP contribution in [0.5, 0.6) is 0 Å². The second-order valence-electron chi connectivity index (χ2n) is 6.24. The minimum Gasteiger partial charge on any atom is -0.349 e. The molecule has 24 heavy (non-hydrogen) atoms. The second kappa shape index (κ2) is 7.17. The van der Waals surface area contributed by atoms with Crippen molar-refractivity contribution in [3.63, 3.8) is 0 Å². The molecule has 0 unspecified atom stereocenters. The number of halogens is 1. The highest BCUT2D eigenvalue weighted by molar-refractivity contribution is 8.01. The molecule has 1 saturated carbocycles. The van der Waals surface area contributed by atoms with Gasteiger partial charge in [0.25, 0.3) is 5.91 Å². The smallest absolute Gasteiger partial charge is 0.272 e. The summed E-state index contributed by atoms with van der Waals surface area (Å²) in [6.45, 7) is 2.35. The summed E-state index contributed by atoms with van der Waals surface area (Å²) in [5.41, 5.74) is 2.66. The molecule has 1 amide bonds. The summed E-state index contributed by atoms with van der Waals surface area (Å²) < 4.78 is 0.158. The maximum Gasteiger partial charge on any atom is 0.272 e. The summed E-state index contributed by atoms with van der Waals surface area (Å²) in [4.78, 5) is 13.7. The number of thioether (sulfide) groups is 1. The molecule has 0 spiro atoms. The third-order valence-corrected chi connectivity index (χ3v) is 5.97. The predicted molar refractivity (Wildman–Crippen MR) is 97.8 cm³/mol. The molecule has 5 nitrogen and oxygen atoms in total. The largest absolute Gasteiger partial charge is 0.349 e. The van der Waals surface area contributed by atoms with Crippen LogP contribution in [0.2, 0.25) is 0 Å². The molecule has 0 atom stereocenters. The zero-order valence-corrected chi connectivity index (χ0v) is 14.9. The van der Waals surface area contributed by atoms with Crippen molar-refractivity contribution in [2.45, 2.75) is 35.4 Å². The van der Waals surface area contributed by atoms with Gasteiger partial charge in [-0.2, -0.15) is 5.10 Å². The maximum atomic E-state index is 12.5. The van der Waals surface area contributed by atoms with Gasteiger partial charge in [0.05, 0.1) is 0 Å². The van der Waals surface area contributed by atoms with Crippen LogP contribution in [0.4, 0.5) is 0 Å². The van der Waals surface area contributed by atoms with E-state index in [-0.39, 0.29) is 23.1 Å². The Hall–Kier alpha value is -1.50. The number of benzene rings is 1. The maximum absolute atomic E-state index is 12.5. The minimum atomic E-state index is -0.0638. The van der Waals surface area contributed by atoms with E-state index in [1.807, 2.05) is 17.8 Å². The normalized spacial score (nSPS) is 17.5. The molecular weight excluding hydrogens is 344 g/mol. The van der Waals surface area contributed by atoms with E-state index in [4.69, 9.17) is 0 Å². The number of H-pyrrole nitrogens is 1. The Balaban J connectivity index is 0.00000169. The highest BCUT2D eigenvalue weighted by Crippen LogP contribution is 2.51. The summed E-state index contributed by atoms with van der Waals surface area (Å²) >= 11 is 1.87. The van der Waals surface area contributed by atoms with E-state index in [1.165, 1.54) is 4.90 Å². The quantitative estimate of drug-likeness (QED) is 0.762. The molecule has 1 aromatic heterocycles. The Morgan fingerprint density at radius 3 is 2.83 bits per heavy atom. The Kier molecular flexibility index (Phi) is 5.18. The van der Waals surface area contributed by atoms with Crippen molar-refractivity contribution in [1.82, 2.24) is 20.8 Å². The first kappa shape index (κ1) is 17.3. The Bertz CT molecular complexity index is 715. The van der Waals surface area contributed by atoms with Gasteiger partial charge in [0.1, 0.15) is 0 Å². The van der Waals surface area contributed by atoms with E-state index in [0.29, 0.717) is 12.2 Å². The van der Waals surface area contributed by atoms with Crippen LogP contribution in [-0.2, 0) is 13.0 Å². The molecule has 2 aliphatic rings. The summed E-state index contributed by atoms with van der Waals surface area (Å²) in [6, 6.07) is 10.4. The van der Waals surface area contributed by atoms with Gasteiger partial charge in [0, 0.05) is 47.0 Å². The fourth-order valence-electron chi connectivity index (χ4n) is 2.93. The number of hydrogen-bond donors (Lipinski definition) is 3. The molecule has 0 radical (unpaired) electrons. The van der Waals surface area contributed by atoms with E-state index < -0.39 is 0 Å². The number of fused-ring (bicyclic) bond motifs is 1. The molecule has 2 heterocycles. The SMILES string of the molecule is Cl.O=C(NCC1(Sc2ccccc2)CC1)c1n[nH]c2c1CNCC2. The van der Waals surface area contributed by atoms with Gasteiger partial charge in [-0.15, -0.1) is 24.2 Å². The van der Waals surface area contributed by atoms with Crippen LogP contribution in [-0.4, -0.2) is 33.9 Å². The van der Waals surface area contributed by atoms with E-state index >= 15 is 0 Å². The molecule has 0 bridgehead atoms. The van der Waals surface area contributed by atoms with Gasteiger partial charge in [-0.3, -0.25) is 9.89 Å². The van der Waals surface area contributed by atoms with Crippen molar-refractivity contribution < 1.29 is 4.79 Å². The van der Waals surface area contributed by atoms with E-state index in [9.17, 15) is 4.79 Å². The molecular formula is C17H21ClN4OS. The van der Waals surface area contributed by atoms with Crippen LogP contribution in [0.3, 0.4) is 0 Å².